The van der Waals surface area contributed by atoms with Gasteiger partial charge >= 0.3 is 0 Å². The van der Waals surface area contributed by atoms with Crippen LogP contribution in [-0.4, -0.2) is 89.1 Å². The van der Waals surface area contributed by atoms with E-state index in [9.17, 15) is 24.6 Å². The number of ketones is 3. The molecule has 2 aliphatic rings. The van der Waals surface area contributed by atoms with Crippen molar-refractivity contribution < 1.29 is 49.4 Å². The Morgan fingerprint density at radius 1 is 1.05 bits per heavy atom. The Morgan fingerprint density at radius 3 is 2.30 bits per heavy atom. The fraction of sp³-hybridized carbons (Fsp3) is 0.423. The number of aromatic hydroxyl groups is 2. The second-order valence-electron chi connectivity index (χ2n) is 8.88. The molecule has 0 amide bonds. The molecule has 3 unspecified atom stereocenters. The molecule has 3 atom stereocenters. The molecule has 2 aromatic rings. The largest absolute Gasteiger partial charge is 0.507 e. The second kappa shape index (κ2) is 11.8. The maximum absolute atomic E-state index is 13.1. The number of fused-ring (bicyclic) bond motifs is 3. The summed E-state index contributed by atoms with van der Waals surface area (Å²) >= 11 is 0. The summed E-state index contributed by atoms with van der Waals surface area (Å²) in [6, 6.07) is 3.99. The van der Waals surface area contributed by atoms with Crippen LogP contribution in [0.3, 0.4) is 0 Å². The molecule has 11 nitrogen and oxygen atoms in total. The van der Waals surface area contributed by atoms with Gasteiger partial charge in [0.2, 0.25) is 5.78 Å². The number of rotatable bonds is 7. The lowest BCUT2D eigenvalue weighted by molar-refractivity contribution is -0.126. The van der Waals surface area contributed by atoms with E-state index in [-0.39, 0.29) is 76.9 Å². The van der Waals surface area contributed by atoms with Crippen LogP contribution in [0.4, 0.5) is 0 Å². The highest BCUT2D eigenvalue weighted by Crippen LogP contribution is 2.47. The number of hydrogen-bond acceptors (Lipinski definition) is 11. The zero-order valence-corrected chi connectivity index (χ0v) is 20.6. The van der Waals surface area contributed by atoms with Crippen molar-refractivity contribution >= 4 is 17.3 Å². The molecular formula is C26H31NO10. The van der Waals surface area contributed by atoms with Crippen molar-refractivity contribution in [3.8, 4) is 17.2 Å². The van der Waals surface area contributed by atoms with Gasteiger partial charge in [0.25, 0.3) is 0 Å². The number of carbonyl (C=O) groups excluding carboxylic acids is 3. The van der Waals surface area contributed by atoms with Gasteiger partial charge in [-0.05, 0) is 25.3 Å². The number of aliphatic hydroxyl groups excluding tert-OH is 3. The molecule has 11 heteroatoms. The van der Waals surface area contributed by atoms with E-state index in [1.165, 1.54) is 20.3 Å². The third-order valence-corrected chi connectivity index (χ3v) is 6.68. The van der Waals surface area contributed by atoms with Gasteiger partial charge in [-0.3, -0.25) is 14.4 Å². The number of methoxy groups -OCH3 is 2. The van der Waals surface area contributed by atoms with Gasteiger partial charge in [0.15, 0.2) is 11.6 Å². The van der Waals surface area contributed by atoms with Gasteiger partial charge in [-0.15, -0.1) is 0 Å². The molecule has 0 saturated heterocycles. The first-order valence-electron chi connectivity index (χ1n) is 11.7. The number of nitrogens with two attached hydrogens (primary N) is 1. The number of carbonyl (C=O) groups is 3. The first kappa shape index (κ1) is 28.2. The maximum atomic E-state index is 13.1. The van der Waals surface area contributed by atoms with Gasteiger partial charge < -0.3 is 40.7 Å². The van der Waals surface area contributed by atoms with Crippen LogP contribution >= 0.6 is 0 Å². The molecule has 0 saturated carbocycles. The molecule has 37 heavy (non-hydrogen) atoms. The molecule has 0 heterocycles. The number of Topliss-reactive ketones (excluding diaryl/α,β-unsaturated/α-hetero) is 1. The number of benzene rings is 2. The zero-order chi connectivity index (χ0) is 27.4. The Kier molecular flexibility index (Phi) is 9.00. The highest BCUT2D eigenvalue weighted by Gasteiger charge is 2.40. The fourth-order valence-electron chi connectivity index (χ4n) is 4.63. The minimum absolute atomic E-state index is 0.0568. The summed E-state index contributed by atoms with van der Waals surface area (Å²) in [5, 5.41) is 48.0. The van der Waals surface area contributed by atoms with Gasteiger partial charge in [-0.25, -0.2) is 0 Å². The van der Waals surface area contributed by atoms with Crippen LogP contribution in [0.15, 0.2) is 18.2 Å². The van der Waals surface area contributed by atoms with Crippen molar-refractivity contribution in [2.45, 2.75) is 31.4 Å². The van der Waals surface area contributed by atoms with E-state index < -0.39 is 36.2 Å². The zero-order valence-electron chi connectivity index (χ0n) is 20.6. The average Bonchev–Trinajstić information content (AvgIpc) is 2.92. The summed E-state index contributed by atoms with van der Waals surface area (Å²) in [6.07, 6.45) is -0.0489. The first-order valence-corrected chi connectivity index (χ1v) is 11.7. The third kappa shape index (κ3) is 5.22. The van der Waals surface area contributed by atoms with Crippen LogP contribution in [0.5, 0.6) is 17.2 Å². The highest BCUT2D eigenvalue weighted by molar-refractivity contribution is 6.31. The lowest BCUT2D eigenvalue weighted by Crippen LogP contribution is -2.40. The number of phenolic OH excluding ortho intramolecular Hbond substituents is 2. The van der Waals surface area contributed by atoms with Crippen molar-refractivity contribution in [2.24, 2.45) is 11.7 Å². The third-order valence-electron chi connectivity index (χ3n) is 6.68. The summed E-state index contributed by atoms with van der Waals surface area (Å²) in [4.78, 5) is 38.1. The number of aliphatic hydroxyl groups is 3. The quantitative estimate of drug-likeness (QED) is 0.228. The predicted molar refractivity (Wildman–Crippen MR) is 130 cm³/mol. The second-order valence-corrected chi connectivity index (χ2v) is 8.88. The van der Waals surface area contributed by atoms with E-state index in [1.54, 1.807) is 12.1 Å². The van der Waals surface area contributed by atoms with Crippen molar-refractivity contribution in [3.05, 3.63) is 51.6 Å². The van der Waals surface area contributed by atoms with E-state index in [0.717, 1.165) is 0 Å². The minimum atomic E-state index is -0.764. The number of phenols is 2. The van der Waals surface area contributed by atoms with Crippen LogP contribution in [0, 0.1) is 5.92 Å². The molecule has 4 rings (SSSR count). The Balaban J connectivity index is 0.000000364. The topological polar surface area (TPSA) is 197 Å². The Labute approximate surface area is 213 Å². The van der Waals surface area contributed by atoms with Gasteiger partial charge in [0.1, 0.15) is 23.9 Å². The summed E-state index contributed by atoms with van der Waals surface area (Å²) in [5.41, 5.74) is 5.52. The van der Waals surface area contributed by atoms with Crippen molar-refractivity contribution in [2.75, 3.05) is 34.0 Å². The molecule has 200 valence electrons. The molecule has 0 fully saturated rings. The molecule has 2 aromatic carbocycles. The van der Waals surface area contributed by atoms with Crippen LogP contribution < -0.4 is 10.5 Å². The van der Waals surface area contributed by atoms with Gasteiger partial charge in [0.05, 0.1) is 49.2 Å². The monoisotopic (exact) mass is 517 g/mol. The summed E-state index contributed by atoms with van der Waals surface area (Å²) < 4.78 is 9.79. The summed E-state index contributed by atoms with van der Waals surface area (Å²) in [7, 11) is 2.85. The summed E-state index contributed by atoms with van der Waals surface area (Å²) in [5.74, 6) is -2.56. The van der Waals surface area contributed by atoms with E-state index in [4.69, 9.17) is 25.8 Å². The maximum Gasteiger partial charge on any atom is 0.202 e. The van der Waals surface area contributed by atoms with Crippen molar-refractivity contribution in [1.82, 2.24) is 0 Å². The lowest BCUT2D eigenvalue weighted by Gasteiger charge is -2.29. The van der Waals surface area contributed by atoms with Crippen molar-refractivity contribution in [3.63, 3.8) is 0 Å². The van der Waals surface area contributed by atoms with E-state index in [1.807, 2.05) is 0 Å². The molecule has 0 radical (unpaired) electrons. The molecule has 0 bridgehead atoms. The molecular weight excluding hydrogens is 486 g/mol. The molecule has 7 N–H and O–H groups in total. The molecule has 0 aromatic heterocycles. The highest BCUT2D eigenvalue weighted by atomic mass is 16.5. The van der Waals surface area contributed by atoms with Crippen LogP contribution in [0.2, 0.25) is 0 Å². The van der Waals surface area contributed by atoms with E-state index >= 15 is 0 Å². The smallest absolute Gasteiger partial charge is 0.202 e. The number of ether oxygens (including phenoxy) is 2. The van der Waals surface area contributed by atoms with Gasteiger partial charge in [-0.2, -0.15) is 0 Å². The molecule has 2 aliphatic carbocycles. The SMILES string of the molecule is COCC(O)C(N)CO.COc1cccc2c1C(=O)c1c(O)c3c(c(O)c1C2=O)CC(C(=O)CO)CC3. The standard InChI is InChI=1S/C21H18O7.C5H13NO3/c1-28-14-4-2-3-11-15(14)21(27)17-16(19(11)25)20(26)12-7-9(13(23)8-22)5-6-10(12)18(17)24;1-9-3-5(8)4(6)2-7/h2-4,9,22,24,26H,5-8H2,1H3;4-5,7-8H,2-3,6H2,1H3. The lowest BCUT2D eigenvalue weighted by atomic mass is 9.75. The Hall–Kier alpha value is -3.35. The van der Waals surface area contributed by atoms with Crippen LogP contribution in [0.25, 0.3) is 0 Å². The normalized spacial score (nSPS) is 17.5. The first-order chi connectivity index (χ1) is 17.6. The predicted octanol–water partition coefficient (Wildman–Crippen LogP) is -0.139. The van der Waals surface area contributed by atoms with E-state index in [0.29, 0.717) is 12.0 Å². The van der Waals surface area contributed by atoms with Gasteiger partial charge in [-0.1, -0.05) is 12.1 Å². The van der Waals surface area contributed by atoms with Gasteiger partial charge in [0, 0.05) is 29.7 Å². The average molecular weight is 518 g/mol. The molecule has 0 spiro atoms. The Morgan fingerprint density at radius 2 is 1.70 bits per heavy atom. The minimum Gasteiger partial charge on any atom is -0.507 e. The van der Waals surface area contributed by atoms with Crippen LogP contribution in [-0.2, 0) is 22.4 Å². The summed E-state index contributed by atoms with van der Waals surface area (Å²) in [6.45, 7) is -0.658. The van der Waals surface area contributed by atoms with Crippen molar-refractivity contribution in [1.29, 1.82) is 0 Å². The van der Waals surface area contributed by atoms with Crippen LogP contribution in [0.1, 0.15) is 49.4 Å². The molecule has 0 aliphatic heterocycles. The fourth-order valence-corrected chi connectivity index (χ4v) is 4.63. The Bertz CT molecular complexity index is 1210. The van der Waals surface area contributed by atoms with E-state index in [2.05, 4.69) is 4.74 Å². The number of hydrogen-bond donors (Lipinski definition) is 6.